The highest BCUT2D eigenvalue weighted by Crippen LogP contribution is 2.32. The minimum Gasteiger partial charge on any atom is -0.484 e. The van der Waals surface area contributed by atoms with Crippen molar-refractivity contribution < 1.29 is 24.2 Å². The third-order valence-electron chi connectivity index (χ3n) is 2.80. The van der Waals surface area contributed by atoms with Gasteiger partial charge in [-0.1, -0.05) is 12.1 Å². The molecule has 1 heterocycles. The first-order valence-corrected chi connectivity index (χ1v) is 6.13. The quantitative estimate of drug-likeness (QED) is 0.750. The maximum absolute atomic E-state index is 11.4. The normalized spacial score (nSPS) is 15.9. The zero-order chi connectivity index (χ0) is 14.5. The fourth-order valence-electron chi connectivity index (χ4n) is 1.82. The number of carbonyl (C=O) groups excluding carboxylic acids is 1. The molecule has 106 valence electrons. The first-order chi connectivity index (χ1) is 9.60. The highest BCUT2D eigenvalue weighted by Gasteiger charge is 2.28. The second-order valence-corrected chi connectivity index (χ2v) is 4.30. The van der Waals surface area contributed by atoms with Gasteiger partial charge in [0, 0.05) is 19.0 Å². The molecular formula is C14H15NO5. The number of carboxylic acids is 1. The summed E-state index contributed by atoms with van der Waals surface area (Å²) in [6.45, 7) is 3.76. The first kappa shape index (κ1) is 13.9. The van der Waals surface area contributed by atoms with Crippen LogP contribution in [0.4, 0.5) is 0 Å². The summed E-state index contributed by atoms with van der Waals surface area (Å²) in [6.07, 6.45) is 1.06. The van der Waals surface area contributed by atoms with E-state index in [9.17, 15) is 9.59 Å². The lowest BCUT2D eigenvalue weighted by Gasteiger charge is -2.08. The Morgan fingerprint density at radius 2 is 2.35 bits per heavy atom. The number of aliphatic carboxylic acids is 1. The predicted molar refractivity (Wildman–Crippen MR) is 70.9 cm³/mol. The number of amides is 1. The molecule has 0 spiro atoms. The van der Waals surface area contributed by atoms with Gasteiger partial charge in [0.1, 0.15) is 11.5 Å². The van der Waals surface area contributed by atoms with Crippen molar-refractivity contribution in [2.75, 3.05) is 13.2 Å². The number of carboxylic acid groups (broad SMARTS) is 1. The van der Waals surface area contributed by atoms with Crippen LogP contribution in [0.15, 0.2) is 30.9 Å². The Labute approximate surface area is 116 Å². The number of hydrogen-bond donors (Lipinski definition) is 2. The van der Waals surface area contributed by atoms with E-state index in [0.717, 1.165) is 5.56 Å². The summed E-state index contributed by atoms with van der Waals surface area (Å²) < 4.78 is 10.6. The summed E-state index contributed by atoms with van der Waals surface area (Å²) >= 11 is 0. The molecule has 0 radical (unpaired) electrons. The summed E-state index contributed by atoms with van der Waals surface area (Å²) in [6, 6.07) is 5.03. The van der Waals surface area contributed by atoms with E-state index in [4.69, 9.17) is 14.6 Å². The van der Waals surface area contributed by atoms with Crippen LogP contribution in [0.25, 0.3) is 0 Å². The van der Waals surface area contributed by atoms with Gasteiger partial charge in [-0.15, -0.1) is 6.58 Å². The lowest BCUT2D eigenvalue weighted by atomic mass is 10.1. The van der Waals surface area contributed by atoms with E-state index in [2.05, 4.69) is 11.9 Å². The van der Waals surface area contributed by atoms with Gasteiger partial charge in [-0.3, -0.25) is 4.79 Å². The molecule has 20 heavy (non-hydrogen) atoms. The lowest BCUT2D eigenvalue weighted by molar-refractivity contribution is -0.144. The van der Waals surface area contributed by atoms with Gasteiger partial charge >= 0.3 is 5.97 Å². The summed E-state index contributed by atoms with van der Waals surface area (Å²) in [7, 11) is 0. The molecule has 1 aromatic rings. The monoisotopic (exact) mass is 277 g/mol. The Hall–Kier alpha value is -2.50. The number of ether oxygens (including phenoxy) is 2. The molecule has 0 bridgehead atoms. The Balaban J connectivity index is 1.93. The standard InChI is InChI=1S/C14H15NO5/c1-2-5-15-13(16)8-19-10-4-3-9-6-12(14(17)18)20-11(9)7-10/h2-4,7,12H,1,5-6,8H2,(H,15,16)(H,17,18). The smallest absolute Gasteiger partial charge is 0.345 e. The van der Waals surface area contributed by atoms with Gasteiger partial charge in [0.05, 0.1) is 0 Å². The largest absolute Gasteiger partial charge is 0.484 e. The van der Waals surface area contributed by atoms with Crippen LogP contribution >= 0.6 is 0 Å². The average molecular weight is 277 g/mol. The molecule has 2 N–H and O–H groups in total. The van der Waals surface area contributed by atoms with Crippen molar-refractivity contribution in [1.82, 2.24) is 5.32 Å². The number of benzene rings is 1. The van der Waals surface area contributed by atoms with Crippen LogP contribution in [0.1, 0.15) is 5.56 Å². The predicted octanol–water partition coefficient (Wildman–Crippen LogP) is 0.756. The zero-order valence-corrected chi connectivity index (χ0v) is 10.8. The molecule has 0 saturated carbocycles. The SMILES string of the molecule is C=CCNC(=O)COc1ccc2c(c1)OC(C(=O)O)C2. The Morgan fingerprint density at radius 3 is 3.05 bits per heavy atom. The van der Waals surface area contributed by atoms with E-state index in [1.54, 1.807) is 24.3 Å². The van der Waals surface area contributed by atoms with Crippen molar-refractivity contribution in [3.63, 3.8) is 0 Å². The van der Waals surface area contributed by atoms with E-state index in [0.29, 0.717) is 24.5 Å². The summed E-state index contributed by atoms with van der Waals surface area (Å²) in [5, 5.41) is 11.5. The molecule has 0 fully saturated rings. The van der Waals surface area contributed by atoms with Crippen LogP contribution in [-0.2, 0) is 16.0 Å². The van der Waals surface area contributed by atoms with E-state index >= 15 is 0 Å². The molecular weight excluding hydrogens is 262 g/mol. The maximum atomic E-state index is 11.4. The van der Waals surface area contributed by atoms with E-state index in [-0.39, 0.29) is 12.5 Å². The third kappa shape index (κ3) is 3.28. The second kappa shape index (κ2) is 6.10. The van der Waals surface area contributed by atoms with Crippen molar-refractivity contribution >= 4 is 11.9 Å². The van der Waals surface area contributed by atoms with Crippen molar-refractivity contribution in [3.8, 4) is 11.5 Å². The van der Waals surface area contributed by atoms with Crippen LogP contribution in [0.2, 0.25) is 0 Å². The van der Waals surface area contributed by atoms with Crippen molar-refractivity contribution in [3.05, 3.63) is 36.4 Å². The zero-order valence-electron chi connectivity index (χ0n) is 10.8. The number of hydrogen-bond acceptors (Lipinski definition) is 4. The highest BCUT2D eigenvalue weighted by atomic mass is 16.5. The minimum absolute atomic E-state index is 0.116. The summed E-state index contributed by atoms with van der Waals surface area (Å²) in [5.74, 6) is -0.299. The van der Waals surface area contributed by atoms with Gasteiger partial charge < -0.3 is 19.9 Å². The van der Waals surface area contributed by atoms with Gasteiger partial charge in [-0.25, -0.2) is 4.79 Å². The molecule has 6 nitrogen and oxygen atoms in total. The van der Waals surface area contributed by atoms with Crippen LogP contribution in [0.3, 0.4) is 0 Å². The van der Waals surface area contributed by atoms with Gasteiger partial charge in [0.25, 0.3) is 5.91 Å². The maximum Gasteiger partial charge on any atom is 0.345 e. The fraction of sp³-hybridized carbons (Fsp3) is 0.286. The topological polar surface area (TPSA) is 84.9 Å². The second-order valence-electron chi connectivity index (χ2n) is 4.30. The van der Waals surface area contributed by atoms with E-state index < -0.39 is 12.1 Å². The molecule has 1 aromatic carbocycles. The van der Waals surface area contributed by atoms with E-state index in [1.165, 1.54) is 0 Å². The molecule has 0 aliphatic carbocycles. The number of fused-ring (bicyclic) bond motifs is 1. The van der Waals surface area contributed by atoms with Crippen LogP contribution in [0, 0.1) is 0 Å². The molecule has 1 atom stereocenters. The van der Waals surface area contributed by atoms with Crippen molar-refractivity contribution in [1.29, 1.82) is 0 Å². The Bertz CT molecular complexity index is 540. The molecule has 1 aliphatic rings. The molecule has 1 amide bonds. The van der Waals surface area contributed by atoms with Gasteiger partial charge in [-0.2, -0.15) is 0 Å². The third-order valence-corrected chi connectivity index (χ3v) is 2.80. The molecule has 1 aliphatic heterocycles. The Morgan fingerprint density at radius 1 is 1.55 bits per heavy atom. The van der Waals surface area contributed by atoms with Crippen LogP contribution in [0.5, 0.6) is 11.5 Å². The summed E-state index contributed by atoms with van der Waals surface area (Å²) in [4.78, 5) is 22.2. The average Bonchev–Trinajstić information content (AvgIpc) is 2.86. The molecule has 0 aromatic heterocycles. The molecule has 0 saturated heterocycles. The van der Waals surface area contributed by atoms with Crippen molar-refractivity contribution in [2.24, 2.45) is 0 Å². The molecule has 2 rings (SSSR count). The lowest BCUT2D eigenvalue weighted by Crippen LogP contribution is -2.28. The number of nitrogens with one attached hydrogen (secondary N) is 1. The highest BCUT2D eigenvalue weighted by molar-refractivity contribution is 5.77. The number of rotatable bonds is 6. The van der Waals surface area contributed by atoms with Crippen LogP contribution in [-0.4, -0.2) is 36.2 Å². The number of carbonyl (C=O) groups is 2. The fourth-order valence-corrected chi connectivity index (χ4v) is 1.82. The van der Waals surface area contributed by atoms with Gasteiger partial charge in [0.2, 0.25) is 0 Å². The molecule has 1 unspecified atom stereocenters. The molecule has 6 heteroatoms. The van der Waals surface area contributed by atoms with Crippen molar-refractivity contribution in [2.45, 2.75) is 12.5 Å². The summed E-state index contributed by atoms with van der Waals surface area (Å²) in [5.41, 5.74) is 0.820. The van der Waals surface area contributed by atoms with E-state index in [1.807, 2.05) is 0 Å². The van der Waals surface area contributed by atoms with Gasteiger partial charge in [-0.05, 0) is 11.6 Å². The Kier molecular flexibility index (Phi) is 4.24. The van der Waals surface area contributed by atoms with Crippen LogP contribution < -0.4 is 14.8 Å². The minimum atomic E-state index is -0.993. The first-order valence-electron chi connectivity index (χ1n) is 6.13. The van der Waals surface area contributed by atoms with Gasteiger partial charge in [0.15, 0.2) is 12.7 Å².